The molecule has 0 aliphatic carbocycles. The molecule has 0 saturated heterocycles. The molecule has 0 aliphatic rings. The van der Waals surface area contributed by atoms with Gasteiger partial charge in [-0.2, -0.15) is 0 Å². The maximum absolute atomic E-state index is 5.14. The van der Waals surface area contributed by atoms with Crippen molar-refractivity contribution in [2.24, 2.45) is 0 Å². The zero-order valence-electron chi connectivity index (χ0n) is 23.2. The molecule has 1 heterocycles. The smallest absolute Gasteiger partial charge is 0.128 e. The van der Waals surface area contributed by atoms with Crippen LogP contribution in [0.5, 0.6) is 0 Å². The van der Waals surface area contributed by atoms with Gasteiger partial charge in [-0.05, 0) is 50.5 Å². The monoisotopic (exact) mass is 458 g/mol. The van der Waals surface area contributed by atoms with Crippen molar-refractivity contribution < 1.29 is 0 Å². The van der Waals surface area contributed by atoms with Gasteiger partial charge in [-0.3, -0.25) is 0 Å². The first-order valence-corrected chi connectivity index (χ1v) is 15.1. The van der Waals surface area contributed by atoms with Crippen LogP contribution < -0.4 is 0 Å². The highest BCUT2D eigenvalue weighted by atomic mass is 14.9. The van der Waals surface area contributed by atoms with Crippen LogP contribution in [0.2, 0.25) is 0 Å². The summed E-state index contributed by atoms with van der Waals surface area (Å²) in [4.78, 5) is 10.3. The SMILES string of the molecule is CCCCCCCCc1nc(CCC)nc(CCCCCCCC)c1CCCCCCCC. The molecule has 0 bridgehead atoms. The van der Waals surface area contributed by atoms with Crippen molar-refractivity contribution in [3.63, 3.8) is 0 Å². The number of rotatable bonds is 23. The lowest BCUT2D eigenvalue weighted by atomic mass is 9.96. The molecule has 0 unspecified atom stereocenters. The van der Waals surface area contributed by atoms with Gasteiger partial charge in [-0.25, -0.2) is 9.97 Å². The molecule has 1 rings (SSSR count). The van der Waals surface area contributed by atoms with E-state index >= 15 is 0 Å². The number of nitrogens with zero attached hydrogens (tertiary/aromatic N) is 2. The molecule has 0 fully saturated rings. The van der Waals surface area contributed by atoms with Gasteiger partial charge < -0.3 is 0 Å². The summed E-state index contributed by atoms with van der Waals surface area (Å²) in [6, 6.07) is 0. The molecule has 0 atom stereocenters. The summed E-state index contributed by atoms with van der Waals surface area (Å²) in [6.07, 6.45) is 30.2. The topological polar surface area (TPSA) is 25.8 Å². The van der Waals surface area contributed by atoms with Crippen molar-refractivity contribution in [1.82, 2.24) is 9.97 Å². The molecule has 192 valence electrons. The van der Waals surface area contributed by atoms with E-state index < -0.39 is 0 Å². The van der Waals surface area contributed by atoms with Gasteiger partial charge in [-0.15, -0.1) is 0 Å². The third-order valence-electron chi connectivity index (χ3n) is 7.01. The zero-order chi connectivity index (χ0) is 24.0. The minimum absolute atomic E-state index is 1.03. The van der Waals surface area contributed by atoms with Crippen molar-refractivity contribution in [2.45, 2.75) is 175 Å². The van der Waals surface area contributed by atoms with Crippen LogP contribution in [0.4, 0.5) is 0 Å². The number of hydrogen-bond donors (Lipinski definition) is 0. The average molecular weight is 459 g/mol. The second-order valence-electron chi connectivity index (χ2n) is 10.3. The highest BCUT2D eigenvalue weighted by Gasteiger charge is 2.14. The molecule has 1 aromatic rings. The summed E-state index contributed by atoms with van der Waals surface area (Å²) >= 11 is 0. The van der Waals surface area contributed by atoms with E-state index in [1.807, 2.05) is 0 Å². The Kier molecular flexibility index (Phi) is 19.7. The zero-order valence-corrected chi connectivity index (χ0v) is 23.2. The van der Waals surface area contributed by atoms with Gasteiger partial charge in [-0.1, -0.05) is 124 Å². The van der Waals surface area contributed by atoms with Gasteiger partial charge in [0.05, 0.1) is 0 Å². The average Bonchev–Trinajstić information content (AvgIpc) is 2.82. The molecule has 0 radical (unpaired) electrons. The Bertz CT molecular complexity index is 529. The van der Waals surface area contributed by atoms with Crippen LogP contribution >= 0.6 is 0 Å². The van der Waals surface area contributed by atoms with Gasteiger partial charge in [0.1, 0.15) is 5.82 Å². The number of aromatic nitrogens is 2. The molecule has 33 heavy (non-hydrogen) atoms. The quantitative estimate of drug-likeness (QED) is 0.152. The Balaban J connectivity index is 2.81. The van der Waals surface area contributed by atoms with E-state index in [-0.39, 0.29) is 0 Å². The lowest BCUT2D eigenvalue weighted by Gasteiger charge is -2.16. The molecular formula is C31H58N2. The minimum Gasteiger partial charge on any atom is -0.238 e. The predicted octanol–water partition coefficient (Wildman–Crippen LogP) is 10.1. The third-order valence-corrected chi connectivity index (χ3v) is 7.01. The van der Waals surface area contributed by atoms with E-state index in [2.05, 4.69) is 27.7 Å². The van der Waals surface area contributed by atoms with Crippen LogP contribution in [-0.4, -0.2) is 9.97 Å². The standard InChI is InChI=1S/C31H58N2/c1-5-9-12-15-18-21-25-28-29(26-22-19-16-13-10-6-2)32-31(24-8-4)33-30(28)27-23-20-17-14-11-7-3/h5-27H2,1-4H3. The van der Waals surface area contributed by atoms with Crippen LogP contribution in [0.25, 0.3) is 0 Å². The first-order chi connectivity index (χ1) is 16.3. The summed E-state index contributed by atoms with van der Waals surface area (Å²) in [5, 5.41) is 0. The molecule has 0 aliphatic heterocycles. The van der Waals surface area contributed by atoms with Gasteiger partial charge in [0.25, 0.3) is 0 Å². The van der Waals surface area contributed by atoms with Crippen LogP contribution in [0.15, 0.2) is 0 Å². The molecule has 0 spiro atoms. The predicted molar refractivity (Wildman–Crippen MR) is 147 cm³/mol. The molecule has 2 heteroatoms. The summed E-state index contributed by atoms with van der Waals surface area (Å²) in [5.74, 6) is 1.12. The van der Waals surface area contributed by atoms with Crippen molar-refractivity contribution >= 4 is 0 Å². The Morgan fingerprint density at radius 1 is 0.364 bits per heavy atom. The summed E-state index contributed by atoms with van der Waals surface area (Å²) < 4.78 is 0. The molecular weight excluding hydrogens is 400 g/mol. The number of aryl methyl sites for hydroxylation is 3. The van der Waals surface area contributed by atoms with E-state index in [0.717, 1.165) is 18.7 Å². The highest BCUT2D eigenvalue weighted by Crippen LogP contribution is 2.22. The summed E-state index contributed by atoms with van der Waals surface area (Å²) in [5.41, 5.74) is 4.38. The lowest BCUT2D eigenvalue weighted by molar-refractivity contribution is 0.583. The molecule has 1 aromatic heterocycles. The number of hydrogen-bond acceptors (Lipinski definition) is 2. The molecule has 0 aromatic carbocycles. The number of unbranched alkanes of at least 4 members (excludes halogenated alkanes) is 15. The van der Waals surface area contributed by atoms with Gasteiger partial charge in [0.2, 0.25) is 0 Å². The van der Waals surface area contributed by atoms with Crippen molar-refractivity contribution in [2.75, 3.05) is 0 Å². The Labute approximate surface area is 208 Å². The Morgan fingerprint density at radius 3 is 1.12 bits per heavy atom. The van der Waals surface area contributed by atoms with Crippen LogP contribution in [-0.2, 0) is 25.7 Å². The Hall–Kier alpha value is -0.920. The van der Waals surface area contributed by atoms with Crippen LogP contribution in [0, 0.1) is 0 Å². The van der Waals surface area contributed by atoms with Gasteiger partial charge in [0.15, 0.2) is 0 Å². The normalized spacial score (nSPS) is 11.4. The van der Waals surface area contributed by atoms with E-state index in [0.29, 0.717) is 0 Å². The fourth-order valence-electron chi connectivity index (χ4n) is 4.90. The fourth-order valence-corrected chi connectivity index (χ4v) is 4.90. The first kappa shape index (κ1) is 30.1. The maximum atomic E-state index is 5.14. The Morgan fingerprint density at radius 2 is 0.727 bits per heavy atom. The molecule has 0 amide bonds. The van der Waals surface area contributed by atoms with Crippen molar-refractivity contribution in [3.05, 3.63) is 22.8 Å². The van der Waals surface area contributed by atoms with Crippen LogP contribution in [0.1, 0.15) is 172 Å². The molecule has 0 saturated carbocycles. The summed E-state index contributed by atoms with van der Waals surface area (Å²) in [7, 11) is 0. The fraction of sp³-hybridized carbons (Fsp3) is 0.871. The largest absolute Gasteiger partial charge is 0.238 e. The summed E-state index contributed by atoms with van der Waals surface area (Å²) in [6.45, 7) is 9.17. The molecule has 2 nitrogen and oxygen atoms in total. The highest BCUT2D eigenvalue weighted by molar-refractivity contribution is 5.27. The minimum atomic E-state index is 1.03. The van der Waals surface area contributed by atoms with E-state index in [4.69, 9.17) is 9.97 Å². The molecule has 0 N–H and O–H groups in total. The van der Waals surface area contributed by atoms with E-state index in [1.165, 1.54) is 146 Å². The second kappa shape index (κ2) is 21.6. The maximum Gasteiger partial charge on any atom is 0.128 e. The van der Waals surface area contributed by atoms with Crippen LogP contribution in [0.3, 0.4) is 0 Å². The van der Waals surface area contributed by atoms with Crippen molar-refractivity contribution in [1.29, 1.82) is 0 Å². The first-order valence-electron chi connectivity index (χ1n) is 15.1. The van der Waals surface area contributed by atoms with Gasteiger partial charge >= 0.3 is 0 Å². The van der Waals surface area contributed by atoms with Crippen molar-refractivity contribution in [3.8, 4) is 0 Å². The lowest BCUT2D eigenvalue weighted by Crippen LogP contribution is -2.11. The van der Waals surface area contributed by atoms with Gasteiger partial charge in [0, 0.05) is 17.8 Å². The second-order valence-corrected chi connectivity index (χ2v) is 10.3. The van der Waals surface area contributed by atoms with E-state index in [9.17, 15) is 0 Å². The van der Waals surface area contributed by atoms with E-state index in [1.54, 1.807) is 5.56 Å². The third kappa shape index (κ3) is 14.8.